The first kappa shape index (κ1) is 41.1. The van der Waals surface area contributed by atoms with Crippen LogP contribution >= 0.6 is 0 Å². The summed E-state index contributed by atoms with van der Waals surface area (Å²) in [4.78, 5) is 49.0. The first-order valence-corrected chi connectivity index (χ1v) is 16.6. The summed E-state index contributed by atoms with van der Waals surface area (Å²) in [5, 5.41) is 17.8. The molecular weight excluding hydrogens is 689 g/mol. The fraction of sp³-hybridized carbons (Fsp3) is 0.486. The zero-order valence-corrected chi connectivity index (χ0v) is 27.8. The Morgan fingerprint density at radius 3 is 2.06 bits per heavy atom. The van der Waals surface area contributed by atoms with E-state index in [1.165, 1.54) is 37.8 Å². The number of hydrogen-bond acceptors (Lipinski definition) is 7. The number of aromatic nitrogens is 1. The number of alkyl halides is 6. The smallest absolute Gasteiger partial charge is 0.458 e. The fourth-order valence-corrected chi connectivity index (χ4v) is 5.79. The second kappa shape index (κ2) is 19.3. The second-order valence-electron chi connectivity index (χ2n) is 12.1. The Bertz CT molecular complexity index is 1640. The van der Waals surface area contributed by atoms with Crippen LogP contribution in [0.4, 0.5) is 30.7 Å². The Morgan fingerprint density at radius 2 is 1.43 bits per heavy atom. The lowest BCUT2D eigenvalue weighted by Gasteiger charge is -2.32. The van der Waals surface area contributed by atoms with Gasteiger partial charge in [-0.15, -0.1) is 0 Å². The van der Waals surface area contributed by atoms with Crippen LogP contribution in [0.3, 0.4) is 0 Å². The summed E-state index contributed by atoms with van der Waals surface area (Å²) in [5.41, 5.74) is 2.23. The molecule has 16 heteroatoms. The number of Topliss-reactive ketones (excluding diaryl/α,β-unsaturated/α-hetero) is 2. The van der Waals surface area contributed by atoms with Crippen LogP contribution in [0.25, 0.3) is 10.9 Å². The van der Waals surface area contributed by atoms with Crippen molar-refractivity contribution in [2.75, 3.05) is 32.7 Å². The van der Waals surface area contributed by atoms with E-state index in [1.54, 1.807) is 24.3 Å². The van der Waals surface area contributed by atoms with E-state index in [0.29, 0.717) is 44.2 Å². The van der Waals surface area contributed by atoms with Gasteiger partial charge in [-0.25, -0.2) is 4.39 Å². The van der Waals surface area contributed by atoms with E-state index < -0.39 is 23.9 Å². The van der Waals surface area contributed by atoms with Crippen LogP contribution in [0, 0.1) is 5.82 Å². The van der Waals surface area contributed by atoms with E-state index in [1.807, 2.05) is 12.1 Å². The fourth-order valence-electron chi connectivity index (χ4n) is 5.79. The number of phenols is 1. The molecule has 1 aliphatic rings. The predicted molar refractivity (Wildman–Crippen MR) is 176 cm³/mol. The van der Waals surface area contributed by atoms with Crippen LogP contribution in [0.15, 0.2) is 53.3 Å². The van der Waals surface area contributed by atoms with Crippen molar-refractivity contribution in [1.29, 1.82) is 0 Å². The summed E-state index contributed by atoms with van der Waals surface area (Å²) in [6.45, 7) is 3.44. The highest BCUT2D eigenvalue weighted by molar-refractivity contribution is 6.41. The molecule has 9 nitrogen and oxygen atoms in total. The van der Waals surface area contributed by atoms with Crippen LogP contribution in [-0.4, -0.2) is 83.6 Å². The highest BCUT2D eigenvalue weighted by Gasteiger charge is 2.54. The summed E-state index contributed by atoms with van der Waals surface area (Å²) in [7, 11) is 0. The Labute approximate surface area is 289 Å². The van der Waals surface area contributed by atoms with Crippen molar-refractivity contribution in [2.24, 2.45) is 0 Å². The molecule has 1 aromatic heterocycles. The molecular formula is C35H41F7N4O5. The van der Waals surface area contributed by atoms with Gasteiger partial charge >= 0.3 is 23.9 Å². The highest BCUT2D eigenvalue weighted by Crippen LogP contribution is 2.26. The van der Waals surface area contributed by atoms with Crippen molar-refractivity contribution in [2.45, 2.75) is 76.2 Å². The third kappa shape index (κ3) is 13.4. The third-order valence-corrected chi connectivity index (χ3v) is 8.37. The van der Waals surface area contributed by atoms with E-state index >= 15 is 0 Å². The molecule has 0 spiro atoms. The lowest BCUT2D eigenvalue weighted by atomic mass is 10.0. The molecule has 3 aromatic rings. The normalized spacial score (nSPS) is 14.0. The monoisotopic (exact) mass is 730 g/mol. The van der Waals surface area contributed by atoms with Crippen LogP contribution in [0.2, 0.25) is 0 Å². The van der Waals surface area contributed by atoms with Gasteiger partial charge in [0.2, 0.25) is 11.5 Å². The van der Waals surface area contributed by atoms with Crippen LogP contribution in [0.1, 0.15) is 56.1 Å². The van der Waals surface area contributed by atoms with Gasteiger partial charge in [-0.2, -0.15) is 26.3 Å². The lowest BCUT2D eigenvalue weighted by molar-refractivity contribution is -0.193. The van der Waals surface area contributed by atoms with E-state index in [9.17, 15) is 55.0 Å². The molecule has 1 aliphatic carbocycles. The number of halogens is 7. The van der Waals surface area contributed by atoms with Gasteiger partial charge in [-0.3, -0.25) is 19.2 Å². The number of pyridine rings is 1. The minimum absolute atomic E-state index is 0.0698. The van der Waals surface area contributed by atoms with E-state index in [-0.39, 0.29) is 23.0 Å². The zero-order chi connectivity index (χ0) is 37.6. The molecule has 2 aromatic carbocycles. The van der Waals surface area contributed by atoms with Crippen LogP contribution in [-0.2, 0) is 27.2 Å². The van der Waals surface area contributed by atoms with Crippen molar-refractivity contribution in [1.82, 2.24) is 20.5 Å². The predicted octanol–water partition coefficient (Wildman–Crippen LogP) is 5.53. The Hall–Kier alpha value is -4.31. The van der Waals surface area contributed by atoms with Gasteiger partial charge in [0.25, 0.3) is 0 Å². The van der Waals surface area contributed by atoms with Gasteiger partial charge in [0, 0.05) is 43.5 Å². The number of ketones is 2. The van der Waals surface area contributed by atoms with Gasteiger partial charge in [0.05, 0.1) is 5.52 Å². The van der Waals surface area contributed by atoms with Crippen LogP contribution in [0.5, 0.6) is 5.75 Å². The molecule has 51 heavy (non-hydrogen) atoms. The molecule has 0 bridgehead atoms. The topological polar surface area (TPSA) is 132 Å². The summed E-state index contributed by atoms with van der Waals surface area (Å²) >= 11 is 0. The largest absolute Gasteiger partial charge is 0.506 e. The number of amides is 1. The number of carbonyl (C=O) groups is 3. The first-order valence-electron chi connectivity index (χ1n) is 16.6. The average molecular weight is 731 g/mol. The van der Waals surface area contributed by atoms with E-state index in [4.69, 9.17) is 0 Å². The van der Waals surface area contributed by atoms with E-state index in [2.05, 4.69) is 20.5 Å². The van der Waals surface area contributed by atoms with Crippen molar-refractivity contribution in [3.63, 3.8) is 0 Å². The zero-order valence-electron chi connectivity index (χ0n) is 27.8. The minimum Gasteiger partial charge on any atom is -0.506 e. The van der Waals surface area contributed by atoms with Crippen molar-refractivity contribution in [3.05, 3.63) is 75.8 Å². The number of hydrogen-bond donors (Lipinski definition) is 4. The molecule has 0 saturated heterocycles. The van der Waals surface area contributed by atoms with Gasteiger partial charge in [0.15, 0.2) is 0 Å². The Balaban J connectivity index is 0.000000501. The Morgan fingerprint density at radius 1 is 0.804 bits per heavy atom. The molecule has 1 saturated carbocycles. The van der Waals surface area contributed by atoms with Crippen molar-refractivity contribution >= 4 is 28.4 Å². The SMILES string of the molecule is O=C(C(=O)C(F)(F)F)C(F)(F)F.O=C(CCNCCc1cccc(F)c1)N(CCNCCc1ccc(O)c2[nH]c(=O)ccc12)C1CCCCCC1. The highest BCUT2D eigenvalue weighted by atomic mass is 19.4. The summed E-state index contributed by atoms with van der Waals surface area (Å²) in [6.07, 6.45) is -2.66. The number of benzene rings is 2. The number of nitrogens with one attached hydrogen (secondary N) is 3. The molecule has 1 amide bonds. The van der Waals surface area contributed by atoms with Gasteiger partial charge in [-0.1, -0.05) is 43.9 Å². The molecule has 0 atom stereocenters. The number of carbonyl (C=O) groups excluding carboxylic acids is 3. The summed E-state index contributed by atoms with van der Waals surface area (Å²) in [5.74, 6) is -6.77. The van der Waals surface area contributed by atoms with Crippen LogP contribution < -0.4 is 16.2 Å². The standard InChI is InChI=1S/C31H41FN4O3.C4F6O2/c32-25-7-5-6-23(22-25)14-17-33-19-16-30(39)36(26-8-3-1-2-4-9-26)21-20-34-18-15-24-10-12-28(37)31-27(24)11-13-29(38)35-31;5-3(6,7)1(11)2(12)4(8,9)10/h5-7,10-13,22,26,33-34,37H,1-4,8-9,14-21H2,(H,35,38);. The number of aromatic amines is 1. The summed E-state index contributed by atoms with van der Waals surface area (Å²) < 4.78 is 80.3. The lowest BCUT2D eigenvalue weighted by Crippen LogP contribution is -2.45. The number of nitrogens with zero attached hydrogens (tertiary/aromatic N) is 1. The van der Waals surface area contributed by atoms with Crippen molar-refractivity contribution < 1.29 is 50.2 Å². The molecule has 1 heterocycles. The maximum Gasteiger partial charge on any atom is 0.458 e. The maximum atomic E-state index is 13.4. The summed E-state index contributed by atoms with van der Waals surface area (Å²) in [6, 6.07) is 13.7. The first-order chi connectivity index (χ1) is 24.1. The molecule has 0 aliphatic heterocycles. The average Bonchev–Trinajstić information content (AvgIpc) is 3.35. The molecule has 4 rings (SSSR count). The molecule has 1 fully saturated rings. The molecule has 0 unspecified atom stereocenters. The molecule has 0 radical (unpaired) electrons. The van der Waals surface area contributed by atoms with Gasteiger partial charge < -0.3 is 25.6 Å². The number of phenolic OH excluding ortho intramolecular Hbond substituents is 1. The Kier molecular flexibility index (Phi) is 15.6. The quantitative estimate of drug-likeness (QED) is 0.0743. The minimum atomic E-state index is -5.77. The van der Waals surface area contributed by atoms with Gasteiger partial charge in [-0.05, 0) is 74.2 Å². The van der Waals surface area contributed by atoms with Gasteiger partial charge in [0.1, 0.15) is 11.6 Å². The number of fused-ring (bicyclic) bond motifs is 1. The van der Waals surface area contributed by atoms with Crippen molar-refractivity contribution in [3.8, 4) is 5.75 Å². The van der Waals surface area contributed by atoms with E-state index in [0.717, 1.165) is 48.7 Å². The maximum absolute atomic E-state index is 13.4. The number of rotatable bonds is 14. The second-order valence-corrected chi connectivity index (χ2v) is 12.1. The number of aromatic hydroxyl groups is 1. The number of H-pyrrole nitrogens is 1. The third-order valence-electron chi connectivity index (χ3n) is 8.37. The molecule has 280 valence electrons. The molecule has 4 N–H and O–H groups in total.